The number of anilines is 1. The highest BCUT2D eigenvalue weighted by Gasteiger charge is 2.30. The third-order valence-electron chi connectivity index (χ3n) is 3.57. The number of thioether (sulfide) groups is 1. The molecular weight excluding hydrogens is 324 g/mol. The molecule has 7 heteroatoms. The van der Waals surface area contributed by atoms with E-state index >= 15 is 0 Å². The number of carbonyl (C=O) groups is 2. The minimum atomic E-state index is -0.464. The van der Waals surface area contributed by atoms with E-state index in [1.807, 2.05) is 18.2 Å². The Bertz CT molecular complexity index is 763. The van der Waals surface area contributed by atoms with E-state index in [4.69, 9.17) is 5.73 Å². The fraction of sp³-hybridized carbons (Fsp3) is 0.235. The maximum atomic E-state index is 12.6. The van der Waals surface area contributed by atoms with Gasteiger partial charge >= 0.3 is 0 Å². The molecule has 1 heterocycles. The number of hydrogen-bond acceptors (Lipinski definition) is 5. The first kappa shape index (κ1) is 17.6. The van der Waals surface area contributed by atoms with Gasteiger partial charge in [-0.15, -0.1) is 0 Å². The molecule has 0 bridgehead atoms. The number of primary amides is 1. The fourth-order valence-corrected chi connectivity index (χ4v) is 3.35. The first-order chi connectivity index (χ1) is 11.4. The standard InChI is InChI=1S/C17H18N4O2S/c1-10-13(8-18)17(24-9-14(19)22)20-11(2)15(10)16(23)21-12-6-4-3-5-7-12/h3-7,10,20H,9H2,1-2H3,(H2,19,22)(H,21,23)/t10-/m1/s1. The van der Waals surface area contributed by atoms with Crippen LogP contribution in [0, 0.1) is 17.2 Å². The molecule has 1 aliphatic heterocycles. The number of nitrogens with two attached hydrogens (primary N) is 1. The number of carbonyl (C=O) groups excluding carboxylic acids is 2. The van der Waals surface area contributed by atoms with E-state index in [1.165, 1.54) is 11.8 Å². The number of rotatable bonds is 5. The van der Waals surface area contributed by atoms with Crippen LogP contribution in [0.5, 0.6) is 0 Å². The van der Waals surface area contributed by atoms with Crippen LogP contribution in [0.25, 0.3) is 0 Å². The molecule has 1 atom stereocenters. The zero-order valence-corrected chi connectivity index (χ0v) is 14.2. The Hall–Kier alpha value is -2.72. The van der Waals surface area contributed by atoms with Gasteiger partial charge in [0.05, 0.1) is 22.4 Å². The summed E-state index contributed by atoms with van der Waals surface area (Å²) < 4.78 is 0. The second-order valence-electron chi connectivity index (χ2n) is 5.32. The number of para-hydroxylation sites is 1. The van der Waals surface area contributed by atoms with Crippen molar-refractivity contribution in [3.63, 3.8) is 0 Å². The summed E-state index contributed by atoms with van der Waals surface area (Å²) >= 11 is 1.17. The predicted molar refractivity (Wildman–Crippen MR) is 94.4 cm³/mol. The average molecular weight is 342 g/mol. The molecule has 4 N–H and O–H groups in total. The van der Waals surface area contributed by atoms with Crippen LogP contribution in [-0.4, -0.2) is 17.6 Å². The van der Waals surface area contributed by atoms with Crippen LogP contribution < -0.4 is 16.4 Å². The maximum absolute atomic E-state index is 12.6. The molecule has 124 valence electrons. The number of amides is 2. The quantitative estimate of drug-likeness (QED) is 0.759. The highest BCUT2D eigenvalue weighted by molar-refractivity contribution is 8.03. The van der Waals surface area contributed by atoms with Gasteiger partial charge < -0.3 is 16.4 Å². The molecule has 0 aliphatic carbocycles. The first-order valence-electron chi connectivity index (χ1n) is 7.33. The molecule has 1 aromatic carbocycles. The Labute approximate surface area is 144 Å². The summed E-state index contributed by atoms with van der Waals surface area (Å²) in [5.41, 5.74) is 7.42. The van der Waals surface area contributed by atoms with Crippen molar-refractivity contribution in [3.8, 4) is 6.07 Å². The van der Waals surface area contributed by atoms with Gasteiger partial charge in [-0.25, -0.2) is 0 Å². The van der Waals surface area contributed by atoms with E-state index in [0.29, 0.717) is 27.6 Å². The third-order valence-corrected chi connectivity index (χ3v) is 4.61. The van der Waals surface area contributed by atoms with E-state index in [-0.39, 0.29) is 17.6 Å². The van der Waals surface area contributed by atoms with Crippen molar-refractivity contribution >= 4 is 29.3 Å². The molecule has 0 aromatic heterocycles. The van der Waals surface area contributed by atoms with Gasteiger partial charge in [0, 0.05) is 22.9 Å². The Morgan fingerprint density at radius 2 is 2.04 bits per heavy atom. The summed E-state index contributed by atoms with van der Waals surface area (Å²) in [5.74, 6) is -1.03. The Morgan fingerprint density at radius 1 is 1.38 bits per heavy atom. The lowest BCUT2D eigenvalue weighted by molar-refractivity contribution is -0.115. The summed E-state index contributed by atoms with van der Waals surface area (Å²) in [5, 5.41) is 15.9. The molecule has 0 fully saturated rings. The lowest BCUT2D eigenvalue weighted by Crippen LogP contribution is -2.30. The van der Waals surface area contributed by atoms with Crippen LogP contribution in [0.3, 0.4) is 0 Å². The molecule has 0 radical (unpaired) electrons. The molecule has 1 aliphatic rings. The van der Waals surface area contributed by atoms with E-state index in [1.54, 1.807) is 26.0 Å². The van der Waals surface area contributed by atoms with E-state index < -0.39 is 5.91 Å². The van der Waals surface area contributed by atoms with Gasteiger partial charge in [-0.2, -0.15) is 5.26 Å². The zero-order valence-electron chi connectivity index (χ0n) is 13.4. The fourth-order valence-electron chi connectivity index (χ4n) is 2.46. The molecule has 0 saturated carbocycles. The minimum Gasteiger partial charge on any atom is -0.369 e. The predicted octanol–water partition coefficient (Wildman–Crippen LogP) is 2.09. The Morgan fingerprint density at radius 3 is 2.62 bits per heavy atom. The molecule has 1 aromatic rings. The minimum absolute atomic E-state index is 0.0685. The van der Waals surface area contributed by atoms with Crippen molar-refractivity contribution < 1.29 is 9.59 Å². The van der Waals surface area contributed by atoms with Gasteiger partial charge in [0.2, 0.25) is 5.91 Å². The highest BCUT2D eigenvalue weighted by atomic mass is 32.2. The summed E-state index contributed by atoms with van der Waals surface area (Å²) in [7, 11) is 0. The third kappa shape index (κ3) is 3.97. The topological polar surface area (TPSA) is 108 Å². The van der Waals surface area contributed by atoms with Crippen molar-refractivity contribution in [2.24, 2.45) is 11.7 Å². The lowest BCUT2D eigenvalue weighted by atomic mass is 9.89. The number of nitrogens with one attached hydrogen (secondary N) is 2. The molecule has 0 saturated heterocycles. The molecule has 6 nitrogen and oxygen atoms in total. The number of dihydropyridines is 1. The second-order valence-corrected chi connectivity index (χ2v) is 6.30. The van der Waals surface area contributed by atoms with Gasteiger partial charge in [-0.3, -0.25) is 9.59 Å². The number of nitrogens with zero attached hydrogens (tertiary/aromatic N) is 1. The summed E-state index contributed by atoms with van der Waals surface area (Å²) in [6, 6.07) is 11.2. The van der Waals surface area contributed by atoms with Crippen molar-refractivity contribution in [3.05, 3.63) is 52.2 Å². The Kier molecular flexibility index (Phi) is 5.66. The van der Waals surface area contributed by atoms with Gasteiger partial charge in [0.25, 0.3) is 5.91 Å². The van der Waals surface area contributed by atoms with Crippen LogP contribution in [0.1, 0.15) is 13.8 Å². The van der Waals surface area contributed by atoms with E-state index in [9.17, 15) is 14.9 Å². The average Bonchev–Trinajstić information content (AvgIpc) is 2.53. The molecule has 24 heavy (non-hydrogen) atoms. The molecule has 0 unspecified atom stereocenters. The van der Waals surface area contributed by atoms with Crippen LogP contribution in [0.4, 0.5) is 5.69 Å². The van der Waals surface area contributed by atoms with E-state index in [2.05, 4.69) is 16.7 Å². The number of hydrogen-bond donors (Lipinski definition) is 3. The maximum Gasteiger partial charge on any atom is 0.253 e. The van der Waals surface area contributed by atoms with Crippen molar-refractivity contribution in [1.82, 2.24) is 5.32 Å². The van der Waals surface area contributed by atoms with Crippen LogP contribution in [-0.2, 0) is 9.59 Å². The summed E-state index contributed by atoms with van der Waals surface area (Å²) in [6.45, 7) is 3.57. The van der Waals surface area contributed by atoms with Crippen LogP contribution in [0.15, 0.2) is 52.2 Å². The summed E-state index contributed by atoms with van der Waals surface area (Å²) in [4.78, 5) is 23.6. The molecule has 2 rings (SSSR count). The zero-order chi connectivity index (χ0) is 17.7. The first-order valence-corrected chi connectivity index (χ1v) is 8.32. The summed E-state index contributed by atoms with van der Waals surface area (Å²) in [6.07, 6.45) is 0. The molecule has 2 amide bonds. The van der Waals surface area contributed by atoms with Crippen molar-refractivity contribution in [1.29, 1.82) is 5.26 Å². The van der Waals surface area contributed by atoms with Crippen molar-refractivity contribution in [2.75, 3.05) is 11.1 Å². The number of allylic oxidation sites excluding steroid dienone is 2. The second kappa shape index (κ2) is 7.70. The SMILES string of the molecule is CC1=C(C(=O)Nc2ccccc2)[C@H](C)C(C#N)=C(SCC(N)=O)N1. The lowest BCUT2D eigenvalue weighted by Gasteiger charge is -2.27. The van der Waals surface area contributed by atoms with Crippen molar-refractivity contribution in [2.45, 2.75) is 13.8 Å². The van der Waals surface area contributed by atoms with Crippen LogP contribution >= 0.6 is 11.8 Å². The van der Waals surface area contributed by atoms with Gasteiger partial charge in [0.1, 0.15) is 0 Å². The normalized spacial score (nSPS) is 17.1. The number of nitriles is 1. The largest absolute Gasteiger partial charge is 0.369 e. The molecular formula is C17H18N4O2S. The smallest absolute Gasteiger partial charge is 0.253 e. The van der Waals surface area contributed by atoms with Gasteiger partial charge in [-0.1, -0.05) is 36.9 Å². The van der Waals surface area contributed by atoms with Gasteiger partial charge in [-0.05, 0) is 19.1 Å². The number of benzene rings is 1. The highest BCUT2D eigenvalue weighted by Crippen LogP contribution is 2.33. The Balaban J connectivity index is 2.23. The monoisotopic (exact) mass is 342 g/mol. The van der Waals surface area contributed by atoms with E-state index in [0.717, 1.165) is 0 Å². The molecule has 0 spiro atoms. The van der Waals surface area contributed by atoms with Crippen LogP contribution in [0.2, 0.25) is 0 Å². The van der Waals surface area contributed by atoms with Gasteiger partial charge in [0.15, 0.2) is 0 Å².